The van der Waals surface area contributed by atoms with Gasteiger partial charge in [-0.2, -0.15) is 0 Å². The lowest BCUT2D eigenvalue weighted by atomic mass is 9.92. The summed E-state index contributed by atoms with van der Waals surface area (Å²) < 4.78 is 25.5. The summed E-state index contributed by atoms with van der Waals surface area (Å²) >= 11 is 0. The van der Waals surface area contributed by atoms with Crippen molar-refractivity contribution in [3.8, 4) is 0 Å². The summed E-state index contributed by atoms with van der Waals surface area (Å²) in [6, 6.07) is 0. The molecule has 1 rings (SSSR count). The highest BCUT2D eigenvalue weighted by atomic mass is 16.9. The Balaban J connectivity index is 3.27. The van der Waals surface area contributed by atoms with Gasteiger partial charge in [0.15, 0.2) is 0 Å². The molecule has 0 aromatic heterocycles. The molecule has 2 atom stereocenters. The number of Topliss-reactive ketones (excluding diaryl/α,β-unsaturated/α-hetero) is 1. The number of hydrogen-bond acceptors (Lipinski definition) is 7. The lowest BCUT2D eigenvalue weighted by molar-refractivity contribution is -0.378. The lowest BCUT2D eigenvalue weighted by Crippen LogP contribution is -2.55. The van der Waals surface area contributed by atoms with Crippen molar-refractivity contribution in [3.05, 3.63) is 11.8 Å². The van der Waals surface area contributed by atoms with Gasteiger partial charge in [-0.05, 0) is 13.0 Å². The second-order valence-electron chi connectivity index (χ2n) is 3.93. The lowest BCUT2D eigenvalue weighted by Gasteiger charge is -2.41. The normalized spacial score (nSPS) is 25.2. The van der Waals surface area contributed by atoms with Gasteiger partial charge < -0.3 is 23.7 Å². The van der Waals surface area contributed by atoms with E-state index in [1.54, 1.807) is 0 Å². The Kier molecular flexibility index (Phi) is 5.04. The minimum absolute atomic E-state index is 0.129. The smallest absolute Gasteiger partial charge is 0.373 e. The van der Waals surface area contributed by atoms with Crippen LogP contribution in [-0.2, 0) is 33.3 Å². The number of esters is 1. The van der Waals surface area contributed by atoms with Crippen molar-refractivity contribution >= 4 is 11.8 Å². The van der Waals surface area contributed by atoms with E-state index in [1.807, 2.05) is 0 Å². The fourth-order valence-corrected chi connectivity index (χ4v) is 2.01. The SMILES string of the molecule is COC(=O)C1=CC(OC)C(C(C)=O)C(OC)(OC)O1. The van der Waals surface area contributed by atoms with Crippen LogP contribution in [0.25, 0.3) is 0 Å². The Bertz CT molecular complexity index is 384. The van der Waals surface area contributed by atoms with Gasteiger partial charge in [-0.3, -0.25) is 4.79 Å². The number of hydrogen-bond donors (Lipinski definition) is 0. The summed E-state index contributed by atoms with van der Waals surface area (Å²) in [5.41, 5.74) is 0. The van der Waals surface area contributed by atoms with Crippen LogP contribution in [0.15, 0.2) is 11.8 Å². The second-order valence-corrected chi connectivity index (χ2v) is 3.93. The van der Waals surface area contributed by atoms with Crippen LogP contribution in [0.2, 0.25) is 0 Å². The fourth-order valence-electron chi connectivity index (χ4n) is 2.01. The van der Waals surface area contributed by atoms with Crippen molar-refractivity contribution in [1.29, 1.82) is 0 Å². The molecule has 1 aliphatic rings. The molecule has 0 aliphatic carbocycles. The standard InChI is InChI=1S/C12H18O7/c1-7(13)10-8(15-2)6-9(11(14)16-3)19-12(10,17-4)18-5/h6,8,10H,1-5H3. The van der Waals surface area contributed by atoms with Gasteiger partial charge in [-0.1, -0.05) is 0 Å². The van der Waals surface area contributed by atoms with Crippen LogP contribution < -0.4 is 0 Å². The molecule has 0 fully saturated rings. The Labute approximate surface area is 111 Å². The molecule has 0 spiro atoms. The number of ketones is 1. The molecule has 0 aromatic rings. The molecule has 0 amide bonds. The van der Waals surface area contributed by atoms with Crippen molar-refractivity contribution < 1.29 is 33.3 Å². The van der Waals surface area contributed by atoms with Crippen molar-refractivity contribution in [2.45, 2.75) is 19.0 Å². The molecule has 1 aliphatic heterocycles. The van der Waals surface area contributed by atoms with Crippen molar-refractivity contribution in [2.24, 2.45) is 5.92 Å². The maximum Gasteiger partial charge on any atom is 0.373 e. The molecule has 0 N–H and O–H groups in total. The highest BCUT2D eigenvalue weighted by molar-refractivity contribution is 5.87. The van der Waals surface area contributed by atoms with Crippen LogP contribution in [-0.4, -0.2) is 52.3 Å². The molecule has 7 nitrogen and oxygen atoms in total. The van der Waals surface area contributed by atoms with Crippen LogP contribution in [0.3, 0.4) is 0 Å². The first-order valence-electron chi connectivity index (χ1n) is 5.58. The molecule has 2 unspecified atom stereocenters. The van der Waals surface area contributed by atoms with E-state index in [-0.39, 0.29) is 11.5 Å². The van der Waals surface area contributed by atoms with E-state index in [0.717, 1.165) is 0 Å². The first-order valence-corrected chi connectivity index (χ1v) is 5.58. The van der Waals surface area contributed by atoms with Gasteiger partial charge in [-0.25, -0.2) is 4.79 Å². The van der Waals surface area contributed by atoms with Gasteiger partial charge in [0.1, 0.15) is 11.7 Å². The van der Waals surface area contributed by atoms with Crippen LogP contribution in [0.5, 0.6) is 0 Å². The highest BCUT2D eigenvalue weighted by Gasteiger charge is 2.54. The third kappa shape index (κ3) is 2.78. The summed E-state index contributed by atoms with van der Waals surface area (Å²) in [5.74, 6) is -3.67. The van der Waals surface area contributed by atoms with Gasteiger partial charge >= 0.3 is 11.9 Å². The molecule has 0 aromatic carbocycles. The maximum absolute atomic E-state index is 11.8. The van der Waals surface area contributed by atoms with Crippen LogP contribution in [0, 0.1) is 5.92 Å². The van der Waals surface area contributed by atoms with Crippen molar-refractivity contribution in [1.82, 2.24) is 0 Å². The second kappa shape index (κ2) is 6.14. The fraction of sp³-hybridized carbons (Fsp3) is 0.667. The predicted octanol–water partition coefficient (Wildman–Crippen LogP) is 0.240. The average Bonchev–Trinajstić information content (AvgIpc) is 2.44. The number of rotatable bonds is 5. The Hall–Kier alpha value is -1.44. The number of carbonyl (C=O) groups excluding carboxylic acids is 2. The van der Waals surface area contributed by atoms with Crippen molar-refractivity contribution in [2.75, 3.05) is 28.4 Å². The van der Waals surface area contributed by atoms with Crippen molar-refractivity contribution in [3.63, 3.8) is 0 Å². The topological polar surface area (TPSA) is 80.3 Å². The molecule has 7 heteroatoms. The minimum Gasteiger partial charge on any atom is -0.463 e. The van der Waals surface area contributed by atoms with E-state index in [1.165, 1.54) is 41.4 Å². The largest absolute Gasteiger partial charge is 0.463 e. The van der Waals surface area contributed by atoms with Gasteiger partial charge in [-0.15, -0.1) is 0 Å². The molecular formula is C12H18O7. The van der Waals surface area contributed by atoms with E-state index in [0.29, 0.717) is 0 Å². The summed E-state index contributed by atoms with van der Waals surface area (Å²) in [5, 5.41) is 0. The van der Waals surface area contributed by atoms with E-state index >= 15 is 0 Å². The Morgan fingerprint density at radius 2 is 1.79 bits per heavy atom. The Morgan fingerprint density at radius 3 is 2.16 bits per heavy atom. The maximum atomic E-state index is 11.8. The predicted molar refractivity (Wildman–Crippen MR) is 62.9 cm³/mol. The number of ether oxygens (including phenoxy) is 5. The highest BCUT2D eigenvalue weighted by Crippen LogP contribution is 2.36. The third-order valence-corrected chi connectivity index (χ3v) is 2.94. The molecular weight excluding hydrogens is 256 g/mol. The molecule has 0 bridgehead atoms. The summed E-state index contributed by atoms with van der Waals surface area (Å²) in [4.78, 5) is 23.3. The van der Waals surface area contributed by atoms with E-state index in [2.05, 4.69) is 4.74 Å². The quantitative estimate of drug-likeness (QED) is 0.524. The number of methoxy groups -OCH3 is 4. The minimum atomic E-state index is -1.72. The molecule has 108 valence electrons. The van der Waals surface area contributed by atoms with Gasteiger partial charge in [0.2, 0.25) is 5.76 Å². The monoisotopic (exact) mass is 274 g/mol. The zero-order valence-electron chi connectivity index (χ0n) is 11.6. The van der Waals surface area contributed by atoms with Crippen LogP contribution in [0.4, 0.5) is 0 Å². The summed E-state index contributed by atoms with van der Waals surface area (Å²) in [6.45, 7) is 1.36. The van der Waals surface area contributed by atoms with E-state index in [4.69, 9.17) is 18.9 Å². The zero-order chi connectivity index (χ0) is 14.6. The van der Waals surface area contributed by atoms with Gasteiger partial charge in [0.05, 0.1) is 13.2 Å². The van der Waals surface area contributed by atoms with E-state index in [9.17, 15) is 9.59 Å². The summed E-state index contributed by atoms with van der Waals surface area (Å²) in [6.07, 6.45) is 0.647. The Morgan fingerprint density at radius 1 is 1.21 bits per heavy atom. The molecule has 19 heavy (non-hydrogen) atoms. The van der Waals surface area contributed by atoms with Crippen LogP contribution in [0.1, 0.15) is 6.92 Å². The molecule has 0 radical (unpaired) electrons. The third-order valence-electron chi connectivity index (χ3n) is 2.94. The van der Waals surface area contributed by atoms with E-state index < -0.39 is 24.0 Å². The zero-order valence-corrected chi connectivity index (χ0v) is 11.6. The van der Waals surface area contributed by atoms with Gasteiger partial charge in [0, 0.05) is 21.3 Å². The summed E-state index contributed by atoms with van der Waals surface area (Å²) in [7, 11) is 5.25. The first-order chi connectivity index (χ1) is 8.95. The first kappa shape index (κ1) is 15.6. The van der Waals surface area contributed by atoms with Crippen LogP contribution >= 0.6 is 0 Å². The average molecular weight is 274 g/mol. The van der Waals surface area contributed by atoms with Gasteiger partial charge in [0.25, 0.3) is 0 Å². The molecule has 0 saturated heterocycles. The molecule has 1 heterocycles. The molecule has 0 saturated carbocycles. The number of carbonyl (C=O) groups is 2.